The van der Waals surface area contributed by atoms with Gasteiger partial charge in [-0.05, 0) is 36.4 Å². The van der Waals surface area contributed by atoms with Crippen molar-refractivity contribution in [3.8, 4) is 0 Å². The van der Waals surface area contributed by atoms with E-state index in [1.165, 1.54) is 29.3 Å². The standard InChI is InChI=1S/C24H25N5O6S/c30-21(31)10-12-26-24(33)29-15-13-28(14-16-29)23(32)18-6-8-19(9-7-18)27-36(34,35)20-5-1-3-17-4-2-11-25-22(17)20/h1-9,11,27H,10,12-16H2,(H,26,33)(H,30,31). The van der Waals surface area contributed by atoms with E-state index < -0.39 is 16.0 Å². The molecule has 0 spiro atoms. The zero-order valence-corrected chi connectivity index (χ0v) is 20.1. The summed E-state index contributed by atoms with van der Waals surface area (Å²) in [6.45, 7) is 1.34. The molecule has 0 radical (unpaired) electrons. The number of aliphatic carboxylic acids is 1. The number of carbonyl (C=O) groups excluding carboxylic acids is 2. The average molecular weight is 512 g/mol. The number of nitrogens with zero attached hydrogens (tertiary/aromatic N) is 3. The van der Waals surface area contributed by atoms with Crippen molar-refractivity contribution in [2.45, 2.75) is 11.3 Å². The molecule has 0 bridgehead atoms. The van der Waals surface area contributed by atoms with Crippen LogP contribution in [0.3, 0.4) is 0 Å². The van der Waals surface area contributed by atoms with Crippen molar-refractivity contribution >= 4 is 44.5 Å². The van der Waals surface area contributed by atoms with Gasteiger partial charge in [0.2, 0.25) is 0 Å². The van der Waals surface area contributed by atoms with E-state index in [1.807, 2.05) is 0 Å². The zero-order valence-electron chi connectivity index (χ0n) is 19.3. The SMILES string of the molecule is O=C(O)CCNC(=O)N1CCN(C(=O)c2ccc(NS(=O)(=O)c3cccc4cccnc34)cc2)CC1. The van der Waals surface area contributed by atoms with Gasteiger partial charge in [-0.1, -0.05) is 18.2 Å². The van der Waals surface area contributed by atoms with Gasteiger partial charge in [0.1, 0.15) is 4.90 Å². The number of pyridine rings is 1. The largest absolute Gasteiger partial charge is 0.481 e. The second-order valence-corrected chi connectivity index (χ2v) is 9.82. The summed E-state index contributed by atoms with van der Waals surface area (Å²) >= 11 is 0. The molecular formula is C24H25N5O6S. The predicted molar refractivity (Wildman–Crippen MR) is 132 cm³/mol. The molecule has 12 heteroatoms. The molecule has 1 aliphatic heterocycles. The average Bonchev–Trinajstić information content (AvgIpc) is 2.88. The van der Waals surface area contributed by atoms with Crippen LogP contribution in [0.4, 0.5) is 10.5 Å². The third-order valence-corrected chi connectivity index (χ3v) is 7.15. The van der Waals surface area contributed by atoms with Gasteiger partial charge in [-0.25, -0.2) is 13.2 Å². The smallest absolute Gasteiger partial charge is 0.317 e. The zero-order chi connectivity index (χ0) is 25.7. The first-order valence-corrected chi connectivity index (χ1v) is 12.7. The molecule has 188 valence electrons. The minimum Gasteiger partial charge on any atom is -0.481 e. The highest BCUT2D eigenvalue weighted by atomic mass is 32.2. The maximum absolute atomic E-state index is 13.0. The van der Waals surface area contributed by atoms with Gasteiger partial charge < -0.3 is 20.2 Å². The van der Waals surface area contributed by atoms with Gasteiger partial charge >= 0.3 is 12.0 Å². The van der Waals surface area contributed by atoms with Gasteiger partial charge in [0, 0.05) is 55.6 Å². The van der Waals surface area contributed by atoms with E-state index in [0.717, 1.165) is 0 Å². The number of para-hydroxylation sites is 1. The lowest BCUT2D eigenvalue weighted by Gasteiger charge is -2.34. The predicted octanol–water partition coefficient (Wildman–Crippen LogP) is 1.98. The highest BCUT2D eigenvalue weighted by Crippen LogP contribution is 2.23. The molecular weight excluding hydrogens is 486 g/mol. The number of fused-ring (bicyclic) bond motifs is 1. The lowest BCUT2D eigenvalue weighted by molar-refractivity contribution is -0.136. The summed E-state index contributed by atoms with van der Waals surface area (Å²) in [7, 11) is -3.90. The lowest BCUT2D eigenvalue weighted by atomic mass is 10.1. The first-order valence-electron chi connectivity index (χ1n) is 11.2. The maximum Gasteiger partial charge on any atom is 0.317 e. The summed E-state index contributed by atoms with van der Waals surface area (Å²) in [5.74, 6) is -1.22. The second kappa shape index (κ2) is 10.6. The van der Waals surface area contributed by atoms with Gasteiger partial charge in [-0.15, -0.1) is 0 Å². The maximum atomic E-state index is 13.0. The molecule has 0 atom stereocenters. The monoisotopic (exact) mass is 511 g/mol. The minimum atomic E-state index is -3.90. The van der Waals surface area contributed by atoms with Crippen LogP contribution in [0.1, 0.15) is 16.8 Å². The summed E-state index contributed by atoms with van der Waals surface area (Å²) in [4.78, 5) is 43.0. The number of hydrogen-bond donors (Lipinski definition) is 3. The fourth-order valence-electron chi connectivity index (χ4n) is 3.87. The Morgan fingerprint density at radius 2 is 1.58 bits per heavy atom. The number of urea groups is 1. The number of carboxylic acids is 1. The molecule has 11 nitrogen and oxygen atoms in total. The molecule has 3 N–H and O–H groups in total. The van der Waals surface area contributed by atoms with Gasteiger partial charge in [-0.2, -0.15) is 0 Å². The molecule has 1 aliphatic rings. The number of nitrogens with one attached hydrogen (secondary N) is 2. The van der Waals surface area contributed by atoms with Crippen LogP contribution in [-0.4, -0.2) is 78.9 Å². The number of hydrogen-bond acceptors (Lipinski definition) is 6. The quantitative estimate of drug-likeness (QED) is 0.439. The number of amides is 3. The third-order valence-electron chi connectivity index (χ3n) is 5.74. The van der Waals surface area contributed by atoms with Crippen molar-refractivity contribution in [3.05, 3.63) is 66.4 Å². The Hall–Kier alpha value is -4.19. The Bertz CT molecular complexity index is 1380. The molecule has 4 rings (SSSR count). The number of carbonyl (C=O) groups is 3. The molecule has 36 heavy (non-hydrogen) atoms. The minimum absolute atomic E-state index is 0.0421. The van der Waals surface area contributed by atoms with Crippen molar-refractivity contribution in [1.29, 1.82) is 0 Å². The van der Waals surface area contributed by atoms with Crippen molar-refractivity contribution in [1.82, 2.24) is 20.1 Å². The molecule has 1 fully saturated rings. The Morgan fingerprint density at radius 1 is 0.917 bits per heavy atom. The topological polar surface area (TPSA) is 149 Å². The van der Waals surface area contributed by atoms with E-state index in [9.17, 15) is 22.8 Å². The van der Waals surface area contributed by atoms with Crippen LogP contribution in [0.2, 0.25) is 0 Å². The second-order valence-electron chi connectivity index (χ2n) is 8.17. The van der Waals surface area contributed by atoms with Gasteiger partial charge in [0.15, 0.2) is 0 Å². The van der Waals surface area contributed by atoms with E-state index in [1.54, 1.807) is 41.3 Å². The van der Waals surface area contributed by atoms with Crippen LogP contribution in [0.5, 0.6) is 0 Å². The number of aromatic nitrogens is 1. The number of sulfonamides is 1. The Morgan fingerprint density at radius 3 is 2.28 bits per heavy atom. The van der Waals surface area contributed by atoms with Gasteiger partial charge in [-0.3, -0.25) is 19.3 Å². The van der Waals surface area contributed by atoms with Crippen LogP contribution in [0.25, 0.3) is 10.9 Å². The van der Waals surface area contributed by atoms with E-state index in [0.29, 0.717) is 48.3 Å². The number of piperazine rings is 1. The molecule has 3 amide bonds. The van der Waals surface area contributed by atoms with Crippen LogP contribution < -0.4 is 10.0 Å². The Labute approximate surface area is 207 Å². The van der Waals surface area contributed by atoms with E-state index in [4.69, 9.17) is 5.11 Å². The van der Waals surface area contributed by atoms with Crippen LogP contribution in [0.15, 0.2) is 65.7 Å². The number of carboxylic acid groups (broad SMARTS) is 1. The lowest BCUT2D eigenvalue weighted by Crippen LogP contribution is -2.53. The Kier molecular flexibility index (Phi) is 7.34. The van der Waals surface area contributed by atoms with Crippen LogP contribution >= 0.6 is 0 Å². The highest BCUT2D eigenvalue weighted by Gasteiger charge is 2.25. The highest BCUT2D eigenvalue weighted by molar-refractivity contribution is 7.93. The fraction of sp³-hybridized carbons (Fsp3) is 0.250. The first-order chi connectivity index (χ1) is 17.2. The van der Waals surface area contributed by atoms with Crippen molar-refractivity contribution < 1.29 is 27.9 Å². The first kappa shape index (κ1) is 24.9. The van der Waals surface area contributed by atoms with Crippen molar-refractivity contribution in [2.75, 3.05) is 37.4 Å². The summed E-state index contributed by atoms with van der Waals surface area (Å²) in [6.07, 6.45) is 1.38. The fourth-order valence-corrected chi connectivity index (χ4v) is 5.11. The molecule has 1 aromatic heterocycles. The number of anilines is 1. The van der Waals surface area contributed by atoms with Crippen molar-refractivity contribution in [2.24, 2.45) is 0 Å². The molecule has 0 aliphatic carbocycles. The van der Waals surface area contributed by atoms with Crippen molar-refractivity contribution in [3.63, 3.8) is 0 Å². The normalized spacial score (nSPS) is 13.9. The summed E-state index contributed by atoms with van der Waals surface area (Å²) in [6, 6.07) is 14.2. The van der Waals surface area contributed by atoms with E-state index in [-0.39, 0.29) is 29.8 Å². The van der Waals surface area contributed by atoms with Crippen LogP contribution in [0, 0.1) is 0 Å². The number of rotatable bonds is 7. The third kappa shape index (κ3) is 5.71. The summed E-state index contributed by atoms with van der Waals surface area (Å²) < 4.78 is 28.5. The molecule has 2 aromatic carbocycles. The summed E-state index contributed by atoms with van der Waals surface area (Å²) in [5.41, 5.74) is 1.07. The molecule has 1 saturated heterocycles. The number of benzene rings is 2. The Balaban J connectivity index is 1.36. The summed E-state index contributed by atoms with van der Waals surface area (Å²) in [5, 5.41) is 11.9. The molecule has 3 aromatic rings. The van der Waals surface area contributed by atoms with Gasteiger partial charge in [0.25, 0.3) is 15.9 Å². The van der Waals surface area contributed by atoms with E-state index >= 15 is 0 Å². The molecule has 0 unspecified atom stereocenters. The molecule has 2 heterocycles. The van der Waals surface area contributed by atoms with Crippen LogP contribution in [-0.2, 0) is 14.8 Å². The van der Waals surface area contributed by atoms with E-state index in [2.05, 4.69) is 15.0 Å². The molecule has 0 saturated carbocycles. The van der Waals surface area contributed by atoms with Gasteiger partial charge in [0.05, 0.1) is 11.9 Å².